The van der Waals surface area contributed by atoms with E-state index in [0.29, 0.717) is 12.5 Å². The summed E-state index contributed by atoms with van der Waals surface area (Å²) >= 11 is 0. The maximum atomic E-state index is 12.9. The first kappa shape index (κ1) is 18.4. The van der Waals surface area contributed by atoms with Gasteiger partial charge in [-0.3, -0.25) is 9.69 Å². The molecule has 0 saturated carbocycles. The molecule has 0 aromatic heterocycles. The minimum absolute atomic E-state index is 0.133. The fourth-order valence-electron chi connectivity index (χ4n) is 3.93. The topological polar surface area (TPSA) is 52.8 Å². The lowest BCUT2D eigenvalue weighted by Crippen LogP contribution is -2.49. The zero-order chi connectivity index (χ0) is 17.8. The molecule has 2 atom stereocenters. The van der Waals surface area contributed by atoms with E-state index in [1.54, 1.807) is 0 Å². The number of piperidine rings is 1. The number of benzene rings is 1. The Labute approximate surface area is 151 Å². The second kappa shape index (κ2) is 8.30. The molecule has 5 heteroatoms. The van der Waals surface area contributed by atoms with Crippen molar-refractivity contribution in [2.75, 3.05) is 46.3 Å². The predicted molar refractivity (Wildman–Crippen MR) is 101 cm³/mol. The molecule has 5 nitrogen and oxygen atoms in total. The Morgan fingerprint density at radius 2 is 1.80 bits per heavy atom. The van der Waals surface area contributed by atoms with Crippen LogP contribution in [0.4, 0.5) is 0 Å². The van der Waals surface area contributed by atoms with Crippen molar-refractivity contribution in [3.8, 4) is 0 Å². The largest absolute Gasteiger partial charge is 0.334 e. The average molecular weight is 345 g/mol. The lowest BCUT2D eigenvalue weighted by molar-refractivity contribution is 0.0573. The Morgan fingerprint density at radius 1 is 1.12 bits per heavy atom. The highest BCUT2D eigenvalue weighted by Crippen LogP contribution is 2.24. The van der Waals surface area contributed by atoms with Crippen LogP contribution < -0.4 is 5.73 Å². The van der Waals surface area contributed by atoms with Crippen LogP contribution in [0.2, 0.25) is 0 Å². The van der Waals surface area contributed by atoms with Crippen LogP contribution in [0.1, 0.15) is 35.7 Å². The lowest BCUT2D eigenvalue weighted by Gasteiger charge is -2.38. The Hall–Kier alpha value is -1.43. The molecule has 0 radical (unpaired) electrons. The van der Waals surface area contributed by atoms with Crippen LogP contribution in [0.3, 0.4) is 0 Å². The van der Waals surface area contributed by atoms with Crippen molar-refractivity contribution in [2.45, 2.75) is 32.4 Å². The van der Waals surface area contributed by atoms with E-state index in [4.69, 9.17) is 5.73 Å². The van der Waals surface area contributed by atoms with Crippen LogP contribution in [0, 0.1) is 5.92 Å². The number of nitrogens with zero attached hydrogens (tertiary/aromatic N) is 3. The highest BCUT2D eigenvalue weighted by Gasteiger charge is 2.29. The molecule has 2 aliphatic heterocycles. The second-order valence-electron chi connectivity index (χ2n) is 7.79. The number of likely N-dealkylation sites (tertiary alicyclic amines) is 1. The summed E-state index contributed by atoms with van der Waals surface area (Å²) in [6.45, 7) is 9.08. The highest BCUT2D eigenvalue weighted by molar-refractivity contribution is 5.94. The minimum Gasteiger partial charge on any atom is -0.334 e. The maximum Gasteiger partial charge on any atom is 0.254 e. The molecule has 0 spiro atoms. The summed E-state index contributed by atoms with van der Waals surface area (Å²) in [4.78, 5) is 19.7. The fourth-order valence-corrected chi connectivity index (χ4v) is 3.93. The van der Waals surface area contributed by atoms with Crippen molar-refractivity contribution in [3.63, 3.8) is 0 Å². The Balaban J connectivity index is 1.60. The molecule has 2 aliphatic rings. The third-order valence-electron chi connectivity index (χ3n) is 5.71. The first-order chi connectivity index (χ1) is 12.1. The Morgan fingerprint density at radius 3 is 2.44 bits per heavy atom. The van der Waals surface area contributed by atoms with Gasteiger partial charge >= 0.3 is 0 Å². The number of hydrogen-bond donors (Lipinski definition) is 1. The van der Waals surface area contributed by atoms with Gasteiger partial charge in [-0.1, -0.05) is 19.1 Å². The number of likely N-dealkylation sites (N-methyl/N-ethyl adjacent to an activating group) is 1. The van der Waals surface area contributed by atoms with Gasteiger partial charge in [-0.15, -0.1) is 0 Å². The van der Waals surface area contributed by atoms with E-state index in [1.807, 2.05) is 17.0 Å². The van der Waals surface area contributed by atoms with Crippen molar-refractivity contribution >= 4 is 5.91 Å². The molecule has 2 saturated heterocycles. The van der Waals surface area contributed by atoms with E-state index in [1.165, 1.54) is 5.56 Å². The van der Waals surface area contributed by atoms with Crippen LogP contribution in [0.25, 0.3) is 0 Å². The zero-order valence-corrected chi connectivity index (χ0v) is 15.7. The SMILES string of the molecule is CC1CCN(C(=O)c2ccc(CN3CCN(C)CC3)cc2)C(CN)C1. The summed E-state index contributed by atoms with van der Waals surface area (Å²) in [6, 6.07) is 8.37. The van der Waals surface area contributed by atoms with Gasteiger partial charge in [-0.2, -0.15) is 0 Å². The smallest absolute Gasteiger partial charge is 0.254 e. The zero-order valence-electron chi connectivity index (χ0n) is 15.7. The number of nitrogens with two attached hydrogens (primary N) is 1. The van der Waals surface area contributed by atoms with Gasteiger partial charge in [0.1, 0.15) is 0 Å². The molecule has 0 aliphatic carbocycles. The molecule has 1 aromatic carbocycles. The van der Waals surface area contributed by atoms with Crippen LogP contribution >= 0.6 is 0 Å². The molecule has 2 unspecified atom stereocenters. The van der Waals surface area contributed by atoms with E-state index < -0.39 is 0 Å². The molecule has 1 amide bonds. The molecule has 2 heterocycles. The minimum atomic E-state index is 0.133. The van der Waals surface area contributed by atoms with E-state index in [0.717, 1.165) is 57.7 Å². The summed E-state index contributed by atoms with van der Waals surface area (Å²) in [5.41, 5.74) is 7.98. The normalized spacial score (nSPS) is 26.0. The standard InChI is InChI=1S/C20H32N4O/c1-16-7-8-24(19(13-16)14-21)20(25)18-5-3-17(4-6-18)15-23-11-9-22(2)10-12-23/h3-6,16,19H,7-15,21H2,1-2H3. The number of rotatable bonds is 4. The molecule has 1 aromatic rings. The van der Waals surface area contributed by atoms with Crippen molar-refractivity contribution in [1.82, 2.24) is 14.7 Å². The van der Waals surface area contributed by atoms with Crippen LogP contribution in [-0.4, -0.2) is 73.0 Å². The molecular formula is C20H32N4O. The first-order valence-electron chi connectivity index (χ1n) is 9.57. The number of hydrogen-bond acceptors (Lipinski definition) is 4. The predicted octanol–water partition coefficient (Wildman–Crippen LogP) is 1.63. The molecule has 138 valence electrons. The van der Waals surface area contributed by atoms with Gasteiger partial charge in [0, 0.05) is 57.4 Å². The number of piperazine rings is 1. The van der Waals surface area contributed by atoms with Crippen molar-refractivity contribution in [1.29, 1.82) is 0 Å². The van der Waals surface area contributed by atoms with Gasteiger partial charge in [0.05, 0.1) is 0 Å². The summed E-state index contributed by atoms with van der Waals surface area (Å²) in [5, 5.41) is 0. The third kappa shape index (κ3) is 4.60. The first-order valence-corrected chi connectivity index (χ1v) is 9.57. The monoisotopic (exact) mass is 344 g/mol. The summed E-state index contributed by atoms with van der Waals surface area (Å²) in [7, 11) is 2.17. The van der Waals surface area contributed by atoms with E-state index in [-0.39, 0.29) is 11.9 Å². The van der Waals surface area contributed by atoms with Crippen molar-refractivity contribution < 1.29 is 4.79 Å². The second-order valence-corrected chi connectivity index (χ2v) is 7.79. The summed E-state index contributed by atoms with van der Waals surface area (Å²) in [5.74, 6) is 0.789. The van der Waals surface area contributed by atoms with Crippen LogP contribution in [0.5, 0.6) is 0 Å². The molecule has 0 bridgehead atoms. The van der Waals surface area contributed by atoms with Gasteiger partial charge in [0.15, 0.2) is 0 Å². The van der Waals surface area contributed by atoms with Gasteiger partial charge in [-0.25, -0.2) is 0 Å². The molecule has 3 rings (SSSR count). The summed E-state index contributed by atoms with van der Waals surface area (Å²) in [6.07, 6.45) is 2.09. The fraction of sp³-hybridized carbons (Fsp3) is 0.650. The summed E-state index contributed by atoms with van der Waals surface area (Å²) < 4.78 is 0. The quantitative estimate of drug-likeness (QED) is 0.902. The van der Waals surface area contributed by atoms with Crippen molar-refractivity contribution in [3.05, 3.63) is 35.4 Å². The third-order valence-corrected chi connectivity index (χ3v) is 5.71. The van der Waals surface area contributed by atoms with E-state index in [9.17, 15) is 4.79 Å². The van der Waals surface area contributed by atoms with E-state index in [2.05, 4.69) is 35.9 Å². The van der Waals surface area contributed by atoms with Gasteiger partial charge in [0.2, 0.25) is 0 Å². The van der Waals surface area contributed by atoms with Crippen LogP contribution in [-0.2, 0) is 6.54 Å². The maximum absolute atomic E-state index is 12.9. The highest BCUT2D eigenvalue weighted by atomic mass is 16.2. The number of amides is 1. The van der Waals surface area contributed by atoms with Gasteiger partial charge in [0.25, 0.3) is 5.91 Å². The average Bonchev–Trinajstić information content (AvgIpc) is 2.63. The van der Waals surface area contributed by atoms with Gasteiger partial charge < -0.3 is 15.5 Å². The molecule has 2 fully saturated rings. The van der Waals surface area contributed by atoms with Crippen molar-refractivity contribution in [2.24, 2.45) is 11.7 Å². The Kier molecular flexibility index (Phi) is 6.10. The van der Waals surface area contributed by atoms with Crippen LogP contribution in [0.15, 0.2) is 24.3 Å². The molecule has 25 heavy (non-hydrogen) atoms. The molecular weight excluding hydrogens is 312 g/mol. The number of carbonyl (C=O) groups excluding carboxylic acids is 1. The Bertz CT molecular complexity index is 566. The number of carbonyl (C=O) groups is 1. The lowest BCUT2D eigenvalue weighted by atomic mass is 9.92. The van der Waals surface area contributed by atoms with Gasteiger partial charge in [-0.05, 0) is 43.5 Å². The molecule has 2 N–H and O–H groups in total. The van der Waals surface area contributed by atoms with E-state index >= 15 is 0 Å².